The van der Waals surface area contributed by atoms with E-state index in [0.717, 1.165) is 13.2 Å². The number of hydrogen-bond acceptors (Lipinski definition) is 13. The molecule has 43 heavy (non-hydrogen) atoms. The van der Waals surface area contributed by atoms with Gasteiger partial charge in [0.25, 0.3) is 0 Å². The number of carbonyl (C=O) groups excluding carboxylic acids is 5. The van der Waals surface area contributed by atoms with E-state index < -0.39 is 93.7 Å². The molecule has 2 aliphatic heterocycles. The van der Waals surface area contributed by atoms with Gasteiger partial charge in [-0.3, -0.25) is 9.59 Å². The van der Waals surface area contributed by atoms with Crippen molar-refractivity contribution in [3.8, 4) is 0 Å². The van der Waals surface area contributed by atoms with Gasteiger partial charge in [0.2, 0.25) is 17.5 Å². The molecule has 1 spiro atoms. The maximum Gasteiger partial charge on any atom is 0.348 e. The molecule has 13 heteroatoms. The van der Waals surface area contributed by atoms with Crippen molar-refractivity contribution in [3.63, 3.8) is 0 Å². The molecule has 0 aromatic rings. The lowest BCUT2D eigenvalue weighted by atomic mass is 9.40. The minimum atomic E-state index is -2.33. The van der Waals surface area contributed by atoms with Crippen molar-refractivity contribution in [2.75, 3.05) is 13.7 Å². The Morgan fingerprint density at radius 1 is 1.14 bits per heavy atom. The Balaban J connectivity index is 1.66. The normalized spacial score (nSPS) is 40.1. The predicted molar refractivity (Wildman–Crippen MR) is 143 cm³/mol. The van der Waals surface area contributed by atoms with Crippen LogP contribution in [0.25, 0.3) is 0 Å². The van der Waals surface area contributed by atoms with Crippen LogP contribution in [0.3, 0.4) is 0 Å². The fourth-order valence-corrected chi connectivity index (χ4v) is 8.27. The molecule has 5 aliphatic rings. The highest BCUT2D eigenvalue weighted by molar-refractivity contribution is 6.08. The zero-order valence-corrected chi connectivity index (χ0v) is 25.0. The Labute approximate surface area is 247 Å². The molecular formula is C30H36O13. The lowest BCUT2D eigenvalue weighted by Gasteiger charge is -2.65. The van der Waals surface area contributed by atoms with Crippen LogP contribution in [0.4, 0.5) is 0 Å². The van der Waals surface area contributed by atoms with Gasteiger partial charge < -0.3 is 39.0 Å². The monoisotopic (exact) mass is 604 g/mol. The zero-order chi connectivity index (χ0) is 32.0. The van der Waals surface area contributed by atoms with Gasteiger partial charge in [0.05, 0.1) is 25.7 Å². The smallest absolute Gasteiger partial charge is 0.348 e. The van der Waals surface area contributed by atoms with Gasteiger partial charge in [0.15, 0.2) is 5.76 Å². The van der Waals surface area contributed by atoms with Crippen molar-refractivity contribution < 1.29 is 63.0 Å². The SMILES string of the molecule is COC(=O)[C@@]12OC[C@]34C([C@@H](O)[C@@H]1O)[C@@]1(C)C=C(O)C(=O)C(C)=C1C[C@H]3OC(=O)[C@H](OC(=O)C=C(C)C(C)(C)OC(C)=O)C42. The van der Waals surface area contributed by atoms with Crippen LogP contribution in [-0.4, -0.2) is 94.3 Å². The van der Waals surface area contributed by atoms with E-state index >= 15 is 0 Å². The summed E-state index contributed by atoms with van der Waals surface area (Å²) in [6, 6.07) is 0. The second-order valence-corrected chi connectivity index (χ2v) is 12.7. The van der Waals surface area contributed by atoms with Crippen LogP contribution in [0.15, 0.2) is 34.6 Å². The number of aliphatic hydroxyl groups excluding tert-OH is 3. The van der Waals surface area contributed by atoms with Gasteiger partial charge in [-0.05, 0) is 44.9 Å². The first kappa shape index (κ1) is 30.9. The first-order valence-corrected chi connectivity index (χ1v) is 13.9. The molecule has 0 aromatic heterocycles. The van der Waals surface area contributed by atoms with Crippen LogP contribution in [-0.2, 0) is 47.7 Å². The van der Waals surface area contributed by atoms with Crippen LogP contribution < -0.4 is 0 Å². The summed E-state index contributed by atoms with van der Waals surface area (Å²) in [7, 11) is 1.05. The molecule has 2 saturated carbocycles. The molecule has 13 nitrogen and oxygen atoms in total. The molecule has 3 aliphatic carbocycles. The Morgan fingerprint density at radius 3 is 2.40 bits per heavy atom. The Bertz CT molecular complexity index is 1420. The maximum absolute atomic E-state index is 13.6. The van der Waals surface area contributed by atoms with Crippen molar-refractivity contribution >= 4 is 29.7 Å². The molecule has 2 saturated heterocycles. The van der Waals surface area contributed by atoms with Crippen LogP contribution in [0.1, 0.15) is 48.0 Å². The standard InChI is InChI=1S/C30H36O13/c1-12(27(4,5)43-14(3)31)8-18(33)42-21-23-29-11-40-30(23,26(38)39-7)24(36)20(35)22(29)28(6)10-16(32)19(34)13(2)15(28)9-17(29)41-25(21)37/h8,10,17,20-24,32,35-36H,9,11H2,1-7H3/t17-,20-,21-,22?,23?,24+,28+,29-,30+/m1/s1. The molecule has 234 valence electrons. The summed E-state index contributed by atoms with van der Waals surface area (Å²) < 4.78 is 27.9. The molecule has 0 amide bonds. The van der Waals surface area contributed by atoms with Crippen molar-refractivity contribution in [2.45, 2.75) is 83.6 Å². The summed E-state index contributed by atoms with van der Waals surface area (Å²) in [6.45, 7) is 8.75. The van der Waals surface area contributed by atoms with Crippen LogP contribution >= 0.6 is 0 Å². The average molecular weight is 605 g/mol. The summed E-state index contributed by atoms with van der Waals surface area (Å²) in [4.78, 5) is 64.6. The third kappa shape index (κ3) is 3.97. The third-order valence-electron chi connectivity index (χ3n) is 10.3. The van der Waals surface area contributed by atoms with Crippen LogP contribution in [0.2, 0.25) is 0 Å². The van der Waals surface area contributed by atoms with Crippen molar-refractivity contribution in [1.29, 1.82) is 0 Å². The molecule has 0 aromatic carbocycles. The second kappa shape index (κ2) is 9.73. The summed E-state index contributed by atoms with van der Waals surface area (Å²) in [5, 5.41) is 33.9. The molecule has 0 radical (unpaired) electrons. The zero-order valence-electron chi connectivity index (χ0n) is 25.0. The Morgan fingerprint density at radius 2 is 1.79 bits per heavy atom. The van der Waals surface area contributed by atoms with E-state index in [0.29, 0.717) is 5.57 Å². The first-order chi connectivity index (χ1) is 19.9. The largest absolute Gasteiger partial charge is 0.504 e. The molecule has 2 heterocycles. The summed E-state index contributed by atoms with van der Waals surface area (Å²) in [5.74, 6) is -7.35. The topological polar surface area (TPSA) is 192 Å². The van der Waals surface area contributed by atoms with Crippen LogP contribution in [0.5, 0.6) is 0 Å². The minimum absolute atomic E-state index is 0.00370. The molecule has 2 bridgehead atoms. The number of allylic oxidation sites excluding steroid dienone is 2. The van der Waals surface area contributed by atoms with Gasteiger partial charge >= 0.3 is 23.9 Å². The molecule has 3 N–H and O–H groups in total. The number of carbonyl (C=O) groups is 5. The van der Waals surface area contributed by atoms with E-state index in [4.69, 9.17) is 23.7 Å². The number of fused-ring (bicyclic) bond motifs is 2. The number of methoxy groups -OCH3 is 1. The quantitative estimate of drug-likeness (QED) is 0.227. The van der Waals surface area contributed by atoms with Gasteiger partial charge in [-0.2, -0.15) is 0 Å². The molecule has 2 unspecified atom stereocenters. The van der Waals surface area contributed by atoms with Crippen molar-refractivity contribution in [3.05, 3.63) is 34.6 Å². The van der Waals surface area contributed by atoms with Gasteiger partial charge in [0, 0.05) is 41.7 Å². The van der Waals surface area contributed by atoms with E-state index in [9.17, 15) is 39.3 Å². The lowest BCUT2D eigenvalue weighted by molar-refractivity contribution is -0.272. The third-order valence-corrected chi connectivity index (χ3v) is 10.3. The highest BCUT2D eigenvalue weighted by Crippen LogP contribution is 2.71. The Hall–Kier alpha value is -3.55. The number of ketones is 1. The van der Waals surface area contributed by atoms with E-state index in [2.05, 4.69) is 0 Å². The van der Waals surface area contributed by atoms with Gasteiger partial charge in [-0.15, -0.1) is 0 Å². The number of esters is 4. The van der Waals surface area contributed by atoms with Crippen LogP contribution in [0, 0.1) is 22.7 Å². The van der Waals surface area contributed by atoms with Crippen molar-refractivity contribution in [1.82, 2.24) is 0 Å². The molecule has 9 atom stereocenters. The lowest BCUT2D eigenvalue weighted by Crippen LogP contribution is -2.78. The van der Waals surface area contributed by atoms with Gasteiger partial charge in [0.1, 0.15) is 17.8 Å². The summed E-state index contributed by atoms with van der Waals surface area (Å²) in [6.07, 6.45) is -4.17. The van der Waals surface area contributed by atoms with E-state index in [-0.39, 0.29) is 24.2 Å². The fraction of sp³-hybridized carbons (Fsp3) is 0.633. The number of ether oxygens (including phenoxy) is 5. The first-order valence-electron chi connectivity index (χ1n) is 13.9. The average Bonchev–Trinajstić information content (AvgIpc) is 3.21. The predicted octanol–water partition coefficient (Wildman–Crippen LogP) is 0.759. The van der Waals surface area contributed by atoms with Gasteiger partial charge in [-0.1, -0.05) is 6.92 Å². The van der Waals surface area contributed by atoms with E-state index in [1.165, 1.54) is 26.8 Å². The summed E-state index contributed by atoms with van der Waals surface area (Å²) >= 11 is 0. The van der Waals surface area contributed by atoms with Crippen molar-refractivity contribution in [2.24, 2.45) is 22.7 Å². The molecule has 5 rings (SSSR count). The number of aliphatic hydroxyl groups is 3. The maximum atomic E-state index is 13.6. The summed E-state index contributed by atoms with van der Waals surface area (Å²) in [5.41, 5.74) is -5.22. The van der Waals surface area contributed by atoms with E-state index in [1.54, 1.807) is 20.8 Å². The minimum Gasteiger partial charge on any atom is -0.504 e. The molecular weight excluding hydrogens is 568 g/mol. The highest BCUT2D eigenvalue weighted by Gasteiger charge is 2.84. The van der Waals surface area contributed by atoms with Gasteiger partial charge in [-0.25, -0.2) is 14.4 Å². The number of hydrogen-bond donors (Lipinski definition) is 3. The molecule has 4 fully saturated rings. The highest BCUT2D eigenvalue weighted by atomic mass is 16.6. The number of Topliss-reactive ketones (excluding diaryl/α,β-unsaturated/α-hetero) is 1. The number of rotatable bonds is 5. The van der Waals surface area contributed by atoms with E-state index in [1.807, 2.05) is 0 Å². The Kier molecular flexibility index (Phi) is 6.99. The second-order valence-electron chi connectivity index (χ2n) is 12.7. The fourth-order valence-electron chi connectivity index (χ4n) is 8.27.